The van der Waals surface area contributed by atoms with Crippen molar-refractivity contribution < 1.29 is 0 Å². The number of fused-ring (bicyclic) bond motifs is 2. The van der Waals surface area contributed by atoms with Gasteiger partial charge < -0.3 is 4.90 Å². The molecule has 1 aromatic rings. The molecule has 1 saturated carbocycles. The quantitative estimate of drug-likeness (QED) is 0.842. The number of likely N-dealkylation sites (N-methyl/N-ethyl adjacent to an activating group) is 1. The monoisotopic (exact) mass is 271 g/mol. The van der Waals surface area contributed by atoms with Crippen molar-refractivity contribution in [3.8, 4) is 0 Å². The molecule has 0 N–H and O–H groups in total. The van der Waals surface area contributed by atoms with Crippen LogP contribution in [0, 0.1) is 0 Å². The van der Waals surface area contributed by atoms with Gasteiger partial charge in [0.15, 0.2) is 0 Å². The number of anilines is 1. The fraction of sp³-hybridized carbons (Fsp3) is 0.706. The normalized spacial score (nSPS) is 29.7. The van der Waals surface area contributed by atoms with Gasteiger partial charge in [-0.2, -0.15) is 0 Å². The first kappa shape index (κ1) is 12.6. The summed E-state index contributed by atoms with van der Waals surface area (Å²) < 4.78 is 0. The van der Waals surface area contributed by atoms with Crippen LogP contribution < -0.4 is 4.90 Å². The van der Waals surface area contributed by atoms with Gasteiger partial charge in [-0.1, -0.05) is 19.9 Å². The van der Waals surface area contributed by atoms with E-state index in [9.17, 15) is 0 Å². The molecule has 3 heteroatoms. The first-order chi connectivity index (χ1) is 9.63. The summed E-state index contributed by atoms with van der Waals surface area (Å²) in [6, 6.07) is 6.10. The van der Waals surface area contributed by atoms with Crippen molar-refractivity contribution in [2.24, 2.45) is 0 Å². The second kappa shape index (κ2) is 4.45. The number of hydrogen-bond acceptors (Lipinski definition) is 3. The Morgan fingerprint density at radius 3 is 2.40 bits per heavy atom. The van der Waals surface area contributed by atoms with Crippen LogP contribution in [-0.2, 0) is 0 Å². The second-order valence-corrected chi connectivity index (χ2v) is 7.19. The summed E-state index contributed by atoms with van der Waals surface area (Å²) in [5.74, 6) is 2.56. The molecule has 4 heterocycles. The Morgan fingerprint density at radius 1 is 1.15 bits per heavy atom. The van der Waals surface area contributed by atoms with Gasteiger partial charge in [-0.15, -0.1) is 0 Å². The molecule has 4 aliphatic rings. The summed E-state index contributed by atoms with van der Waals surface area (Å²) in [5.41, 5.74) is 2.86. The van der Waals surface area contributed by atoms with E-state index in [-0.39, 0.29) is 0 Å². The molecule has 1 aliphatic carbocycles. The van der Waals surface area contributed by atoms with Crippen LogP contribution >= 0.6 is 0 Å². The summed E-state index contributed by atoms with van der Waals surface area (Å²) >= 11 is 0. The fourth-order valence-electron chi connectivity index (χ4n) is 3.81. The third kappa shape index (κ3) is 1.95. The molecule has 3 saturated heterocycles. The largest absolute Gasteiger partial charge is 0.353 e. The highest BCUT2D eigenvalue weighted by atomic mass is 15.4. The zero-order chi connectivity index (χ0) is 13.9. The van der Waals surface area contributed by atoms with Gasteiger partial charge in [-0.3, -0.25) is 4.90 Å². The number of hydrogen-bond donors (Lipinski definition) is 0. The van der Waals surface area contributed by atoms with Gasteiger partial charge >= 0.3 is 0 Å². The van der Waals surface area contributed by atoms with Crippen LogP contribution in [0.2, 0.25) is 0 Å². The molecule has 0 radical (unpaired) electrons. The summed E-state index contributed by atoms with van der Waals surface area (Å²) in [7, 11) is 2.26. The Hall–Kier alpha value is -1.09. The zero-order valence-corrected chi connectivity index (χ0v) is 12.8. The maximum atomic E-state index is 5.07. The zero-order valence-electron chi connectivity index (χ0n) is 12.8. The third-order valence-electron chi connectivity index (χ3n) is 5.41. The standard InChI is InChI=1S/C17H25N3/c1-11(2)15-6-7-16(18-17(15)12-4-5-12)20-9-13-8-14(10-20)19(13)3/h6-7,11-14H,4-5,8-10H2,1-3H3. The van der Waals surface area contributed by atoms with Crippen LogP contribution in [0.5, 0.6) is 0 Å². The summed E-state index contributed by atoms with van der Waals surface area (Å²) in [6.45, 7) is 6.89. The first-order valence-electron chi connectivity index (χ1n) is 8.11. The average molecular weight is 271 g/mol. The maximum absolute atomic E-state index is 5.07. The topological polar surface area (TPSA) is 19.4 Å². The number of aromatic nitrogens is 1. The number of piperazine rings is 1. The van der Waals surface area contributed by atoms with Gasteiger partial charge in [0.25, 0.3) is 0 Å². The van der Waals surface area contributed by atoms with Crippen molar-refractivity contribution in [2.45, 2.75) is 57.0 Å². The van der Waals surface area contributed by atoms with Crippen molar-refractivity contribution in [1.82, 2.24) is 9.88 Å². The SMILES string of the molecule is CC(C)c1ccc(N2CC3CC(C2)N3C)nc1C1CC1. The molecular formula is C17H25N3. The molecule has 3 nitrogen and oxygen atoms in total. The van der Waals surface area contributed by atoms with Crippen molar-refractivity contribution in [3.63, 3.8) is 0 Å². The molecule has 4 fully saturated rings. The van der Waals surface area contributed by atoms with Crippen LogP contribution in [0.1, 0.15) is 56.2 Å². The van der Waals surface area contributed by atoms with E-state index < -0.39 is 0 Å². The van der Waals surface area contributed by atoms with Gasteiger partial charge in [0, 0.05) is 36.8 Å². The maximum Gasteiger partial charge on any atom is 0.128 e. The Morgan fingerprint density at radius 2 is 1.85 bits per heavy atom. The highest BCUT2D eigenvalue weighted by Crippen LogP contribution is 2.43. The Kier molecular flexibility index (Phi) is 2.81. The van der Waals surface area contributed by atoms with Crippen molar-refractivity contribution in [2.75, 3.05) is 25.0 Å². The predicted molar refractivity (Wildman–Crippen MR) is 82.5 cm³/mol. The molecule has 5 rings (SSSR count). The first-order valence-corrected chi connectivity index (χ1v) is 8.11. The molecule has 0 spiro atoms. The third-order valence-corrected chi connectivity index (χ3v) is 5.41. The lowest BCUT2D eigenvalue weighted by Crippen LogP contribution is -2.67. The summed E-state index contributed by atoms with van der Waals surface area (Å²) in [4.78, 5) is 10.1. The lowest BCUT2D eigenvalue weighted by atomic mass is 9.88. The Balaban J connectivity index is 1.61. The highest BCUT2D eigenvalue weighted by Gasteiger charge is 2.42. The number of rotatable bonds is 3. The van der Waals surface area contributed by atoms with E-state index in [0.29, 0.717) is 5.92 Å². The van der Waals surface area contributed by atoms with Crippen LogP contribution in [0.25, 0.3) is 0 Å². The number of nitrogens with zero attached hydrogens (tertiary/aromatic N) is 3. The Labute approximate surface area is 122 Å². The van der Waals surface area contributed by atoms with E-state index in [0.717, 1.165) is 31.1 Å². The molecule has 2 unspecified atom stereocenters. The van der Waals surface area contributed by atoms with E-state index >= 15 is 0 Å². The second-order valence-electron chi connectivity index (χ2n) is 7.19. The lowest BCUT2D eigenvalue weighted by molar-refractivity contribution is 0.0261. The number of piperidine rings is 1. The highest BCUT2D eigenvalue weighted by molar-refractivity contribution is 5.46. The minimum absolute atomic E-state index is 0.591. The van der Waals surface area contributed by atoms with Gasteiger partial charge in [0.05, 0.1) is 0 Å². The van der Waals surface area contributed by atoms with Gasteiger partial charge in [0.1, 0.15) is 5.82 Å². The van der Waals surface area contributed by atoms with Crippen LogP contribution in [0.3, 0.4) is 0 Å². The number of pyridine rings is 1. The molecule has 1 aromatic heterocycles. The molecule has 20 heavy (non-hydrogen) atoms. The minimum atomic E-state index is 0.591. The van der Waals surface area contributed by atoms with Gasteiger partial charge in [-0.05, 0) is 43.9 Å². The lowest BCUT2D eigenvalue weighted by Gasteiger charge is -2.55. The van der Waals surface area contributed by atoms with Gasteiger partial charge in [0.2, 0.25) is 0 Å². The van der Waals surface area contributed by atoms with Gasteiger partial charge in [-0.25, -0.2) is 4.98 Å². The van der Waals surface area contributed by atoms with Crippen molar-refractivity contribution >= 4 is 5.82 Å². The van der Waals surface area contributed by atoms with Crippen molar-refractivity contribution in [1.29, 1.82) is 0 Å². The van der Waals surface area contributed by atoms with Crippen LogP contribution in [0.15, 0.2) is 12.1 Å². The van der Waals surface area contributed by atoms with E-state index in [4.69, 9.17) is 4.98 Å². The minimum Gasteiger partial charge on any atom is -0.353 e. The van der Waals surface area contributed by atoms with Crippen LogP contribution in [0.4, 0.5) is 5.82 Å². The molecule has 108 valence electrons. The molecule has 2 bridgehead atoms. The summed E-state index contributed by atoms with van der Waals surface area (Å²) in [5, 5.41) is 0. The van der Waals surface area contributed by atoms with E-state index in [2.05, 4.69) is 42.8 Å². The molecular weight excluding hydrogens is 246 g/mol. The molecule has 2 atom stereocenters. The average Bonchev–Trinajstić information content (AvgIpc) is 3.30. The molecule has 0 amide bonds. The van der Waals surface area contributed by atoms with E-state index in [1.165, 1.54) is 36.3 Å². The Bertz CT molecular complexity index is 509. The molecule has 0 aromatic carbocycles. The predicted octanol–water partition coefficient (Wildman–Crippen LogP) is 2.98. The van der Waals surface area contributed by atoms with Crippen LogP contribution in [-0.4, -0.2) is 42.1 Å². The smallest absolute Gasteiger partial charge is 0.128 e. The van der Waals surface area contributed by atoms with Crippen molar-refractivity contribution in [3.05, 3.63) is 23.4 Å². The summed E-state index contributed by atoms with van der Waals surface area (Å²) in [6.07, 6.45) is 4.06. The van der Waals surface area contributed by atoms with E-state index in [1.54, 1.807) is 0 Å². The molecule has 3 aliphatic heterocycles. The fourth-order valence-corrected chi connectivity index (χ4v) is 3.81. The van der Waals surface area contributed by atoms with E-state index in [1.807, 2.05) is 0 Å².